The van der Waals surface area contributed by atoms with Gasteiger partial charge < -0.3 is 20.5 Å². The number of hydrogen-bond donors (Lipinski definition) is 3. The summed E-state index contributed by atoms with van der Waals surface area (Å²) in [6.07, 6.45) is -0.187. The quantitative estimate of drug-likeness (QED) is 0.345. The first-order valence-corrected chi connectivity index (χ1v) is 12.6. The zero-order chi connectivity index (χ0) is 25.3. The number of nitrogens with two attached hydrogens (primary N) is 1. The topological polar surface area (TPSA) is 154 Å². The maximum atomic E-state index is 12.4. The molecule has 0 saturated heterocycles. The van der Waals surface area contributed by atoms with Crippen molar-refractivity contribution in [2.75, 3.05) is 18.5 Å². The van der Waals surface area contributed by atoms with Crippen molar-refractivity contribution in [3.8, 4) is 5.75 Å². The van der Waals surface area contributed by atoms with Crippen LogP contribution >= 0.6 is 27.5 Å². The van der Waals surface area contributed by atoms with Crippen molar-refractivity contribution in [3.63, 3.8) is 0 Å². The second kappa shape index (κ2) is 12.7. The van der Waals surface area contributed by atoms with Crippen LogP contribution in [0.2, 0.25) is 5.02 Å². The van der Waals surface area contributed by atoms with E-state index in [2.05, 4.69) is 21.2 Å². The van der Waals surface area contributed by atoms with Gasteiger partial charge in [0.25, 0.3) is 21.8 Å². The summed E-state index contributed by atoms with van der Waals surface area (Å²) in [5.41, 5.74) is 5.97. The summed E-state index contributed by atoms with van der Waals surface area (Å²) in [6.45, 7) is 1.51. The summed E-state index contributed by atoms with van der Waals surface area (Å²) in [6, 6.07) is 8.86. The van der Waals surface area contributed by atoms with E-state index in [1.165, 1.54) is 24.3 Å². The number of halogens is 2. The molecule has 0 saturated carbocycles. The van der Waals surface area contributed by atoms with Crippen molar-refractivity contribution in [2.24, 2.45) is 5.73 Å². The van der Waals surface area contributed by atoms with Crippen LogP contribution in [0.4, 0.5) is 5.69 Å². The molecule has 2 aromatic carbocycles. The third-order valence-electron chi connectivity index (χ3n) is 4.24. The highest BCUT2D eigenvalue weighted by Crippen LogP contribution is 2.27. The SMILES string of the molecule is CCOC(=O)CC[C@H](N)C(=O)NS(=O)(=O)c1ccc(NC(=O)COc2ccc(Br)cc2Cl)cc1. The van der Waals surface area contributed by atoms with Gasteiger partial charge in [-0.05, 0) is 55.8 Å². The van der Waals surface area contributed by atoms with E-state index in [1.54, 1.807) is 25.1 Å². The van der Waals surface area contributed by atoms with Gasteiger partial charge in [0.2, 0.25) is 0 Å². The highest BCUT2D eigenvalue weighted by atomic mass is 79.9. The van der Waals surface area contributed by atoms with Crippen LogP contribution in [0.5, 0.6) is 5.75 Å². The molecule has 0 bridgehead atoms. The van der Waals surface area contributed by atoms with Gasteiger partial charge in [-0.3, -0.25) is 14.4 Å². The Morgan fingerprint density at radius 3 is 2.44 bits per heavy atom. The van der Waals surface area contributed by atoms with Crippen molar-refractivity contribution < 1.29 is 32.3 Å². The van der Waals surface area contributed by atoms with Gasteiger partial charge in [0.15, 0.2) is 6.61 Å². The van der Waals surface area contributed by atoms with E-state index in [1.807, 2.05) is 4.72 Å². The molecule has 34 heavy (non-hydrogen) atoms. The molecule has 0 aliphatic rings. The predicted molar refractivity (Wildman–Crippen MR) is 129 cm³/mol. The van der Waals surface area contributed by atoms with E-state index >= 15 is 0 Å². The number of esters is 1. The second-order valence-electron chi connectivity index (χ2n) is 6.86. The zero-order valence-electron chi connectivity index (χ0n) is 18.0. The molecule has 1 atom stereocenters. The highest BCUT2D eigenvalue weighted by Gasteiger charge is 2.23. The van der Waals surface area contributed by atoms with E-state index in [0.29, 0.717) is 16.5 Å². The molecular formula is C21H23BrClN3O7S. The number of ether oxygens (including phenoxy) is 2. The van der Waals surface area contributed by atoms with E-state index in [9.17, 15) is 22.8 Å². The first kappa shape index (κ1) is 27.6. The number of rotatable bonds is 11. The van der Waals surface area contributed by atoms with Crippen LogP contribution in [-0.4, -0.2) is 45.5 Å². The van der Waals surface area contributed by atoms with Crippen LogP contribution in [-0.2, 0) is 29.1 Å². The van der Waals surface area contributed by atoms with Gasteiger partial charge in [0, 0.05) is 16.6 Å². The Bertz CT molecular complexity index is 1140. The van der Waals surface area contributed by atoms with E-state index in [0.717, 1.165) is 4.47 Å². The number of anilines is 1. The molecule has 13 heteroatoms. The van der Waals surface area contributed by atoms with Crippen LogP contribution in [0.3, 0.4) is 0 Å². The molecule has 184 valence electrons. The fourth-order valence-corrected chi connectivity index (χ4v) is 4.31. The van der Waals surface area contributed by atoms with Crippen LogP contribution in [0.15, 0.2) is 51.8 Å². The number of sulfonamides is 1. The summed E-state index contributed by atoms with van der Waals surface area (Å²) >= 11 is 9.30. The Kier molecular flexibility index (Phi) is 10.3. The second-order valence-corrected chi connectivity index (χ2v) is 9.86. The van der Waals surface area contributed by atoms with Crippen LogP contribution < -0.4 is 20.5 Å². The van der Waals surface area contributed by atoms with Crippen molar-refractivity contribution in [1.82, 2.24) is 4.72 Å². The molecule has 0 aliphatic carbocycles. The van der Waals surface area contributed by atoms with Crippen LogP contribution in [0.25, 0.3) is 0 Å². The number of carbonyl (C=O) groups is 3. The largest absolute Gasteiger partial charge is 0.482 e. The monoisotopic (exact) mass is 575 g/mol. The third kappa shape index (κ3) is 8.60. The number of nitrogens with one attached hydrogen (secondary N) is 2. The summed E-state index contributed by atoms with van der Waals surface area (Å²) in [5, 5.41) is 2.89. The molecule has 2 rings (SSSR count). The molecule has 0 aliphatic heterocycles. The van der Waals surface area contributed by atoms with Gasteiger partial charge in [0.05, 0.1) is 22.6 Å². The minimum absolute atomic E-state index is 0.0707. The molecule has 4 N–H and O–H groups in total. The van der Waals surface area contributed by atoms with Crippen molar-refractivity contribution in [2.45, 2.75) is 30.7 Å². The maximum Gasteiger partial charge on any atom is 0.305 e. The first-order valence-electron chi connectivity index (χ1n) is 9.97. The zero-order valence-corrected chi connectivity index (χ0v) is 21.2. The first-order chi connectivity index (χ1) is 16.0. The van der Waals surface area contributed by atoms with Gasteiger partial charge in [-0.2, -0.15) is 0 Å². The Morgan fingerprint density at radius 2 is 1.82 bits per heavy atom. The standard InChI is InChI=1S/C21H23BrClN3O7S/c1-2-32-20(28)10-8-17(24)21(29)26-34(30,31)15-6-4-14(5-7-15)25-19(27)12-33-18-9-3-13(22)11-16(18)23/h3-7,9,11,17H,2,8,10,12,24H2,1H3,(H,25,27)(H,26,29)/t17-/m0/s1. The summed E-state index contributed by atoms with van der Waals surface area (Å²) in [5.74, 6) is -1.64. The number of hydrogen-bond acceptors (Lipinski definition) is 8. The molecule has 0 heterocycles. The fourth-order valence-electron chi connectivity index (χ4n) is 2.55. The molecule has 0 radical (unpaired) electrons. The maximum absolute atomic E-state index is 12.4. The lowest BCUT2D eigenvalue weighted by atomic mass is 10.1. The average molecular weight is 577 g/mol. The van der Waals surface area contributed by atoms with Crippen LogP contribution in [0, 0.1) is 0 Å². The predicted octanol–water partition coefficient (Wildman–Crippen LogP) is 2.60. The third-order valence-corrected chi connectivity index (χ3v) is 6.39. The van der Waals surface area contributed by atoms with Gasteiger partial charge in [-0.1, -0.05) is 27.5 Å². The summed E-state index contributed by atoms with van der Waals surface area (Å²) in [7, 11) is -4.20. The lowest BCUT2D eigenvalue weighted by molar-refractivity contribution is -0.143. The van der Waals surface area contributed by atoms with E-state index < -0.39 is 33.8 Å². The molecule has 0 aromatic heterocycles. The Morgan fingerprint density at radius 1 is 1.15 bits per heavy atom. The van der Waals surface area contributed by atoms with Crippen molar-refractivity contribution >= 4 is 61.0 Å². The minimum atomic E-state index is -4.20. The Hall–Kier alpha value is -2.67. The normalized spacial score (nSPS) is 11.9. The lowest BCUT2D eigenvalue weighted by Gasteiger charge is -2.13. The molecular weight excluding hydrogens is 554 g/mol. The van der Waals surface area contributed by atoms with Gasteiger partial charge in [-0.15, -0.1) is 0 Å². The number of benzene rings is 2. The Balaban J connectivity index is 1.89. The average Bonchev–Trinajstić information content (AvgIpc) is 2.77. The molecule has 0 fully saturated rings. The van der Waals surface area contributed by atoms with Gasteiger partial charge in [0.1, 0.15) is 5.75 Å². The number of carbonyl (C=O) groups excluding carboxylic acids is 3. The van der Waals surface area contributed by atoms with Crippen LogP contribution in [0.1, 0.15) is 19.8 Å². The fraction of sp³-hybridized carbons (Fsp3) is 0.286. The Labute approximate surface area is 210 Å². The molecule has 10 nitrogen and oxygen atoms in total. The highest BCUT2D eigenvalue weighted by molar-refractivity contribution is 9.10. The van der Waals surface area contributed by atoms with E-state index in [4.69, 9.17) is 26.8 Å². The molecule has 0 unspecified atom stereocenters. The van der Waals surface area contributed by atoms with Gasteiger partial charge >= 0.3 is 5.97 Å². The molecule has 2 aromatic rings. The summed E-state index contributed by atoms with van der Waals surface area (Å²) < 4.78 is 37.6. The smallest absolute Gasteiger partial charge is 0.305 e. The van der Waals surface area contributed by atoms with Crippen molar-refractivity contribution in [3.05, 3.63) is 52.0 Å². The lowest BCUT2D eigenvalue weighted by Crippen LogP contribution is -2.43. The van der Waals surface area contributed by atoms with E-state index in [-0.39, 0.29) is 31.0 Å². The van der Waals surface area contributed by atoms with Crippen molar-refractivity contribution in [1.29, 1.82) is 0 Å². The number of amides is 2. The summed E-state index contributed by atoms with van der Waals surface area (Å²) in [4.78, 5) is 35.3. The van der Waals surface area contributed by atoms with Gasteiger partial charge in [-0.25, -0.2) is 13.1 Å². The minimum Gasteiger partial charge on any atom is -0.482 e. The molecule has 0 spiro atoms. The molecule has 2 amide bonds.